The molecule has 0 spiro atoms. The van der Waals surface area contributed by atoms with E-state index in [0.29, 0.717) is 5.92 Å². The maximum absolute atomic E-state index is 13.1. The van der Waals surface area contributed by atoms with E-state index in [4.69, 9.17) is 0 Å². The summed E-state index contributed by atoms with van der Waals surface area (Å²) >= 11 is 0. The van der Waals surface area contributed by atoms with E-state index in [1.807, 2.05) is 25.1 Å². The molecule has 3 fully saturated rings. The number of nitrogens with one attached hydrogen (secondary N) is 3. The Morgan fingerprint density at radius 2 is 2.07 bits per heavy atom. The molecule has 2 heterocycles. The van der Waals surface area contributed by atoms with Gasteiger partial charge in [0.05, 0.1) is 5.41 Å². The van der Waals surface area contributed by atoms with Crippen LogP contribution in [0.5, 0.6) is 0 Å². The summed E-state index contributed by atoms with van der Waals surface area (Å²) in [6, 6.07) is 7.88. The number of rotatable bonds is 6. The Hall–Kier alpha value is -2.08. The summed E-state index contributed by atoms with van der Waals surface area (Å²) in [6.45, 7) is 5.80. The summed E-state index contributed by atoms with van der Waals surface area (Å²) in [6.07, 6.45) is 7.16. The smallest absolute Gasteiger partial charge is 0.228 e. The van der Waals surface area contributed by atoms with E-state index in [-0.39, 0.29) is 29.7 Å². The zero-order valence-corrected chi connectivity index (χ0v) is 17.5. The number of carbonyl (C=O) groups excluding carboxylic acids is 2. The summed E-state index contributed by atoms with van der Waals surface area (Å²) in [5.74, 6) is 0.507. The minimum atomic E-state index is -0.271. The van der Waals surface area contributed by atoms with Crippen LogP contribution in [0.1, 0.15) is 51.9 Å². The SMILES string of the molecule is CC(CC(=O)Nc1cccc(N2CCCC2)c1)NC(=O)[C@@]12CCCC[C@H]1CNC2. The lowest BCUT2D eigenvalue weighted by Gasteiger charge is -2.37. The van der Waals surface area contributed by atoms with Crippen molar-refractivity contribution in [3.8, 4) is 0 Å². The lowest BCUT2D eigenvalue weighted by molar-refractivity contribution is -0.134. The molecular formula is C23H34N4O2. The first-order chi connectivity index (χ1) is 14.1. The molecule has 1 aliphatic carbocycles. The first kappa shape index (κ1) is 20.2. The molecule has 0 bridgehead atoms. The highest BCUT2D eigenvalue weighted by Gasteiger charge is 2.49. The Bertz CT molecular complexity index is 746. The minimum absolute atomic E-state index is 0.0568. The highest BCUT2D eigenvalue weighted by Crippen LogP contribution is 2.44. The van der Waals surface area contributed by atoms with Crippen molar-refractivity contribution in [2.75, 3.05) is 36.4 Å². The van der Waals surface area contributed by atoms with Crippen LogP contribution in [0.15, 0.2) is 24.3 Å². The predicted octanol–water partition coefficient (Wildman–Crippen LogP) is 2.90. The maximum Gasteiger partial charge on any atom is 0.228 e. The topological polar surface area (TPSA) is 73.5 Å². The van der Waals surface area contributed by atoms with Gasteiger partial charge in [0.1, 0.15) is 0 Å². The first-order valence-electron chi connectivity index (χ1n) is 11.2. The molecule has 3 aliphatic rings. The molecule has 1 unspecified atom stereocenters. The van der Waals surface area contributed by atoms with Crippen molar-refractivity contribution < 1.29 is 9.59 Å². The predicted molar refractivity (Wildman–Crippen MR) is 116 cm³/mol. The van der Waals surface area contributed by atoms with E-state index in [1.165, 1.54) is 19.3 Å². The molecule has 1 saturated carbocycles. The van der Waals surface area contributed by atoms with Gasteiger partial charge in [-0.3, -0.25) is 9.59 Å². The Morgan fingerprint density at radius 1 is 1.24 bits per heavy atom. The van der Waals surface area contributed by atoms with Crippen molar-refractivity contribution in [1.29, 1.82) is 0 Å². The third kappa shape index (κ3) is 4.42. The van der Waals surface area contributed by atoms with Gasteiger partial charge in [-0.15, -0.1) is 0 Å². The molecule has 0 aromatic heterocycles. The van der Waals surface area contributed by atoms with Crippen LogP contribution in [-0.2, 0) is 9.59 Å². The fourth-order valence-corrected chi connectivity index (χ4v) is 5.35. The van der Waals surface area contributed by atoms with Crippen LogP contribution >= 0.6 is 0 Å². The summed E-state index contributed by atoms with van der Waals surface area (Å²) in [5, 5.41) is 9.56. The number of carbonyl (C=O) groups is 2. The second-order valence-electron chi connectivity index (χ2n) is 9.10. The van der Waals surface area contributed by atoms with E-state index < -0.39 is 0 Å². The van der Waals surface area contributed by atoms with Gasteiger partial charge in [0.15, 0.2) is 0 Å². The molecule has 0 radical (unpaired) electrons. The van der Waals surface area contributed by atoms with Gasteiger partial charge in [0.25, 0.3) is 0 Å². The Balaban J connectivity index is 1.30. The fourth-order valence-electron chi connectivity index (χ4n) is 5.35. The molecule has 3 N–H and O–H groups in total. The third-order valence-corrected chi connectivity index (χ3v) is 6.96. The van der Waals surface area contributed by atoms with Crippen molar-refractivity contribution in [3.63, 3.8) is 0 Å². The average Bonchev–Trinajstić information content (AvgIpc) is 3.38. The van der Waals surface area contributed by atoms with Gasteiger partial charge in [-0.25, -0.2) is 0 Å². The highest BCUT2D eigenvalue weighted by atomic mass is 16.2. The molecule has 3 atom stereocenters. The van der Waals surface area contributed by atoms with Crippen LogP contribution in [-0.4, -0.2) is 44.0 Å². The van der Waals surface area contributed by atoms with E-state index >= 15 is 0 Å². The highest BCUT2D eigenvalue weighted by molar-refractivity contribution is 5.92. The Morgan fingerprint density at radius 3 is 2.90 bits per heavy atom. The summed E-state index contributed by atoms with van der Waals surface area (Å²) < 4.78 is 0. The molecule has 6 heteroatoms. The maximum atomic E-state index is 13.1. The zero-order chi connectivity index (χ0) is 20.3. The summed E-state index contributed by atoms with van der Waals surface area (Å²) in [7, 11) is 0. The third-order valence-electron chi connectivity index (χ3n) is 6.96. The van der Waals surface area contributed by atoms with Gasteiger partial charge in [-0.1, -0.05) is 18.9 Å². The number of benzene rings is 1. The standard InChI is InChI=1S/C23H34N4O2/c1-17(25-22(29)23-10-3-2-7-18(23)15-24-16-23)13-21(28)26-19-8-6-9-20(14-19)27-11-4-5-12-27/h6,8-9,14,17-18,24H,2-5,7,10-13,15-16H2,1H3,(H,25,29)(H,26,28)/t17?,18-,23+/m0/s1. The van der Waals surface area contributed by atoms with Crippen LogP contribution in [0.3, 0.4) is 0 Å². The normalized spacial score (nSPS) is 27.3. The van der Waals surface area contributed by atoms with E-state index in [9.17, 15) is 9.59 Å². The molecule has 1 aromatic rings. The molecule has 29 heavy (non-hydrogen) atoms. The number of anilines is 2. The minimum Gasteiger partial charge on any atom is -0.371 e. The number of nitrogens with zero attached hydrogens (tertiary/aromatic N) is 1. The Labute approximate surface area is 173 Å². The van der Waals surface area contributed by atoms with Crippen LogP contribution < -0.4 is 20.9 Å². The van der Waals surface area contributed by atoms with Gasteiger partial charge < -0.3 is 20.9 Å². The lowest BCUT2D eigenvalue weighted by Crippen LogP contribution is -2.50. The van der Waals surface area contributed by atoms with E-state index in [2.05, 4.69) is 26.9 Å². The molecule has 2 amide bonds. The molecule has 158 valence electrons. The Kier molecular flexibility index (Phi) is 6.09. The van der Waals surface area contributed by atoms with Crippen LogP contribution in [0, 0.1) is 11.3 Å². The van der Waals surface area contributed by atoms with Crippen molar-refractivity contribution in [1.82, 2.24) is 10.6 Å². The second kappa shape index (κ2) is 8.74. The number of hydrogen-bond acceptors (Lipinski definition) is 4. The fraction of sp³-hybridized carbons (Fsp3) is 0.652. The monoisotopic (exact) mass is 398 g/mol. The van der Waals surface area contributed by atoms with Crippen molar-refractivity contribution in [2.24, 2.45) is 11.3 Å². The summed E-state index contributed by atoms with van der Waals surface area (Å²) in [5.41, 5.74) is 1.72. The van der Waals surface area contributed by atoms with Crippen molar-refractivity contribution in [3.05, 3.63) is 24.3 Å². The number of amides is 2. The van der Waals surface area contributed by atoms with E-state index in [1.54, 1.807) is 0 Å². The molecule has 2 aliphatic heterocycles. The first-order valence-corrected chi connectivity index (χ1v) is 11.2. The summed E-state index contributed by atoms with van der Waals surface area (Å²) in [4.78, 5) is 28.0. The molecule has 1 aromatic carbocycles. The van der Waals surface area contributed by atoms with Crippen LogP contribution in [0.25, 0.3) is 0 Å². The number of hydrogen-bond donors (Lipinski definition) is 3. The quantitative estimate of drug-likeness (QED) is 0.689. The lowest BCUT2D eigenvalue weighted by atomic mass is 9.67. The van der Waals surface area contributed by atoms with Gasteiger partial charge >= 0.3 is 0 Å². The zero-order valence-electron chi connectivity index (χ0n) is 17.5. The van der Waals surface area contributed by atoms with E-state index in [0.717, 1.165) is 56.8 Å². The largest absolute Gasteiger partial charge is 0.371 e. The second-order valence-corrected chi connectivity index (χ2v) is 9.10. The molecule has 6 nitrogen and oxygen atoms in total. The molecular weight excluding hydrogens is 364 g/mol. The van der Waals surface area contributed by atoms with Crippen molar-refractivity contribution >= 4 is 23.2 Å². The number of fused-ring (bicyclic) bond motifs is 1. The molecule has 2 saturated heterocycles. The molecule has 4 rings (SSSR count). The average molecular weight is 399 g/mol. The van der Waals surface area contributed by atoms with Gasteiger partial charge in [0.2, 0.25) is 11.8 Å². The van der Waals surface area contributed by atoms with Crippen LogP contribution in [0.4, 0.5) is 11.4 Å². The van der Waals surface area contributed by atoms with Crippen LogP contribution in [0.2, 0.25) is 0 Å². The van der Waals surface area contributed by atoms with Gasteiger partial charge in [-0.2, -0.15) is 0 Å². The van der Waals surface area contributed by atoms with Gasteiger partial charge in [0, 0.05) is 43.5 Å². The van der Waals surface area contributed by atoms with Crippen molar-refractivity contribution in [2.45, 2.75) is 57.9 Å². The van der Waals surface area contributed by atoms with Gasteiger partial charge in [-0.05, 0) is 63.3 Å².